The molecule has 7 heteroatoms. The Kier molecular flexibility index (Phi) is 5.79. The SMILES string of the molecule is COc1cccc(N2CCN(C(=O)c3cc(Cl)c(OC)c(Cl)c3)CC2)c1. The number of hydrogen-bond acceptors (Lipinski definition) is 4. The third kappa shape index (κ3) is 3.84. The fourth-order valence-electron chi connectivity index (χ4n) is 3.04. The number of anilines is 1. The highest BCUT2D eigenvalue weighted by atomic mass is 35.5. The summed E-state index contributed by atoms with van der Waals surface area (Å²) >= 11 is 12.3. The Labute approximate surface area is 163 Å². The second-order valence-corrected chi connectivity index (χ2v) is 6.77. The number of methoxy groups -OCH3 is 2. The zero-order valence-corrected chi connectivity index (χ0v) is 16.2. The summed E-state index contributed by atoms with van der Waals surface area (Å²) in [5.74, 6) is 1.12. The summed E-state index contributed by atoms with van der Waals surface area (Å²) in [7, 11) is 3.15. The summed E-state index contributed by atoms with van der Waals surface area (Å²) in [6, 6.07) is 11.1. The Bertz CT molecular complexity index is 782. The average Bonchev–Trinajstić information content (AvgIpc) is 2.67. The Morgan fingerprint density at radius 2 is 1.62 bits per heavy atom. The number of hydrogen-bond donors (Lipinski definition) is 0. The lowest BCUT2D eigenvalue weighted by Gasteiger charge is -2.36. The van der Waals surface area contributed by atoms with Gasteiger partial charge in [-0.1, -0.05) is 29.3 Å². The van der Waals surface area contributed by atoms with E-state index >= 15 is 0 Å². The molecule has 2 aromatic carbocycles. The Balaban J connectivity index is 1.69. The molecule has 0 aliphatic carbocycles. The highest BCUT2D eigenvalue weighted by Gasteiger charge is 2.24. The number of ether oxygens (including phenoxy) is 2. The number of halogens is 2. The van der Waals surface area contributed by atoms with Crippen molar-refractivity contribution in [2.75, 3.05) is 45.3 Å². The highest BCUT2D eigenvalue weighted by Crippen LogP contribution is 2.34. The molecule has 1 aliphatic heterocycles. The molecular weight excluding hydrogens is 375 g/mol. The van der Waals surface area contributed by atoms with Crippen molar-refractivity contribution >= 4 is 34.8 Å². The maximum atomic E-state index is 12.8. The van der Waals surface area contributed by atoms with E-state index in [1.54, 1.807) is 19.2 Å². The van der Waals surface area contributed by atoms with Crippen molar-refractivity contribution in [2.24, 2.45) is 0 Å². The maximum absolute atomic E-state index is 12.8. The molecule has 0 N–H and O–H groups in total. The number of carbonyl (C=O) groups excluding carboxylic acids is 1. The number of piperazine rings is 1. The molecule has 0 atom stereocenters. The van der Waals surface area contributed by atoms with Crippen LogP contribution in [-0.4, -0.2) is 51.2 Å². The standard InChI is InChI=1S/C19H20Cl2N2O3/c1-25-15-5-3-4-14(12-15)22-6-8-23(9-7-22)19(24)13-10-16(20)18(26-2)17(21)11-13/h3-5,10-12H,6-9H2,1-2H3. The fraction of sp³-hybridized carbons (Fsp3) is 0.316. The largest absolute Gasteiger partial charge is 0.497 e. The third-order valence-electron chi connectivity index (χ3n) is 4.43. The molecule has 1 fully saturated rings. The van der Waals surface area contributed by atoms with Crippen LogP contribution in [-0.2, 0) is 0 Å². The van der Waals surface area contributed by atoms with Gasteiger partial charge in [-0.25, -0.2) is 0 Å². The first kappa shape index (κ1) is 18.7. The van der Waals surface area contributed by atoms with E-state index in [4.69, 9.17) is 32.7 Å². The summed E-state index contributed by atoms with van der Waals surface area (Å²) in [6.45, 7) is 2.74. The third-order valence-corrected chi connectivity index (χ3v) is 5.00. The van der Waals surface area contributed by atoms with E-state index in [1.807, 2.05) is 29.2 Å². The first-order valence-corrected chi connectivity index (χ1v) is 9.00. The van der Waals surface area contributed by atoms with Crippen LogP contribution in [0.25, 0.3) is 0 Å². The summed E-state index contributed by atoms with van der Waals surface area (Å²) in [5.41, 5.74) is 1.56. The maximum Gasteiger partial charge on any atom is 0.254 e. The Morgan fingerprint density at radius 3 is 2.19 bits per heavy atom. The van der Waals surface area contributed by atoms with Crippen molar-refractivity contribution in [3.8, 4) is 11.5 Å². The minimum atomic E-state index is -0.0817. The molecule has 0 spiro atoms. The summed E-state index contributed by atoms with van der Waals surface area (Å²) in [6.07, 6.45) is 0. The van der Waals surface area contributed by atoms with Crippen LogP contribution in [0.5, 0.6) is 11.5 Å². The lowest BCUT2D eigenvalue weighted by atomic mass is 10.1. The first-order chi connectivity index (χ1) is 12.5. The first-order valence-electron chi connectivity index (χ1n) is 8.25. The van der Waals surface area contributed by atoms with Gasteiger partial charge in [0.1, 0.15) is 5.75 Å². The van der Waals surface area contributed by atoms with Crippen LogP contribution in [0, 0.1) is 0 Å². The van der Waals surface area contributed by atoms with E-state index in [2.05, 4.69) is 4.90 Å². The van der Waals surface area contributed by atoms with Crippen LogP contribution in [0.15, 0.2) is 36.4 Å². The molecule has 0 saturated carbocycles. The van der Waals surface area contributed by atoms with E-state index in [9.17, 15) is 4.79 Å². The molecule has 0 radical (unpaired) electrons. The van der Waals surface area contributed by atoms with Crippen LogP contribution in [0.2, 0.25) is 10.0 Å². The molecule has 5 nitrogen and oxygen atoms in total. The lowest BCUT2D eigenvalue weighted by Crippen LogP contribution is -2.48. The van der Waals surface area contributed by atoms with Crippen molar-refractivity contribution in [1.82, 2.24) is 4.90 Å². The van der Waals surface area contributed by atoms with Crippen molar-refractivity contribution in [3.05, 3.63) is 52.0 Å². The molecule has 1 amide bonds. The average molecular weight is 395 g/mol. The second kappa shape index (κ2) is 8.06. The molecule has 1 heterocycles. The smallest absolute Gasteiger partial charge is 0.254 e. The van der Waals surface area contributed by atoms with E-state index in [0.717, 1.165) is 24.5 Å². The predicted octanol–water partition coefficient (Wildman–Crippen LogP) is 3.97. The van der Waals surface area contributed by atoms with Crippen LogP contribution >= 0.6 is 23.2 Å². The zero-order chi connectivity index (χ0) is 18.7. The molecule has 3 rings (SSSR count). The van der Waals surface area contributed by atoms with Gasteiger partial charge < -0.3 is 19.3 Å². The minimum Gasteiger partial charge on any atom is -0.497 e. The summed E-state index contributed by atoms with van der Waals surface area (Å²) in [5, 5.41) is 0.664. The Hall–Kier alpha value is -2.11. The molecule has 1 saturated heterocycles. The molecule has 26 heavy (non-hydrogen) atoms. The number of nitrogens with zero attached hydrogens (tertiary/aromatic N) is 2. The summed E-state index contributed by atoms with van der Waals surface area (Å²) < 4.78 is 10.4. The monoisotopic (exact) mass is 394 g/mol. The second-order valence-electron chi connectivity index (χ2n) is 5.95. The summed E-state index contributed by atoms with van der Waals surface area (Å²) in [4.78, 5) is 16.8. The van der Waals surface area contributed by atoms with Crippen molar-refractivity contribution < 1.29 is 14.3 Å². The fourth-order valence-corrected chi connectivity index (χ4v) is 3.68. The number of benzene rings is 2. The van der Waals surface area contributed by atoms with Crippen LogP contribution in [0.1, 0.15) is 10.4 Å². The van der Waals surface area contributed by atoms with Gasteiger partial charge >= 0.3 is 0 Å². The van der Waals surface area contributed by atoms with Gasteiger partial charge in [0.05, 0.1) is 24.3 Å². The van der Waals surface area contributed by atoms with Crippen LogP contribution < -0.4 is 14.4 Å². The van der Waals surface area contributed by atoms with Crippen molar-refractivity contribution in [1.29, 1.82) is 0 Å². The van der Waals surface area contributed by atoms with Gasteiger partial charge in [-0.3, -0.25) is 4.79 Å². The highest BCUT2D eigenvalue weighted by molar-refractivity contribution is 6.37. The van der Waals surface area contributed by atoms with Gasteiger partial charge in [-0.2, -0.15) is 0 Å². The lowest BCUT2D eigenvalue weighted by molar-refractivity contribution is 0.0746. The van der Waals surface area contributed by atoms with Gasteiger partial charge in [0.15, 0.2) is 5.75 Å². The minimum absolute atomic E-state index is 0.0817. The molecule has 0 unspecified atom stereocenters. The van der Waals surface area contributed by atoms with Gasteiger partial charge in [0, 0.05) is 43.5 Å². The van der Waals surface area contributed by atoms with E-state index in [0.29, 0.717) is 34.4 Å². The van der Waals surface area contributed by atoms with Gasteiger partial charge in [0.25, 0.3) is 5.91 Å². The van der Waals surface area contributed by atoms with Crippen molar-refractivity contribution in [2.45, 2.75) is 0 Å². The molecule has 1 aliphatic rings. The normalized spacial score (nSPS) is 14.3. The van der Waals surface area contributed by atoms with Gasteiger partial charge in [0.2, 0.25) is 0 Å². The topological polar surface area (TPSA) is 42.0 Å². The zero-order valence-electron chi connectivity index (χ0n) is 14.7. The van der Waals surface area contributed by atoms with E-state index < -0.39 is 0 Å². The van der Waals surface area contributed by atoms with E-state index in [1.165, 1.54) is 7.11 Å². The number of rotatable bonds is 4. The molecule has 138 valence electrons. The van der Waals surface area contributed by atoms with Crippen LogP contribution in [0.3, 0.4) is 0 Å². The quantitative estimate of drug-likeness (QED) is 0.786. The molecule has 0 aromatic heterocycles. The molecular formula is C19H20Cl2N2O3. The Morgan fingerprint density at radius 1 is 0.962 bits per heavy atom. The van der Waals surface area contributed by atoms with E-state index in [-0.39, 0.29) is 5.91 Å². The predicted molar refractivity (Wildman–Crippen MR) is 104 cm³/mol. The molecule has 0 bridgehead atoms. The van der Waals surface area contributed by atoms with Gasteiger partial charge in [-0.05, 0) is 24.3 Å². The number of carbonyl (C=O) groups is 1. The number of amides is 1. The molecule has 2 aromatic rings. The van der Waals surface area contributed by atoms with Crippen molar-refractivity contribution in [3.63, 3.8) is 0 Å². The van der Waals surface area contributed by atoms with Gasteiger partial charge in [-0.15, -0.1) is 0 Å². The van der Waals surface area contributed by atoms with Crippen LogP contribution in [0.4, 0.5) is 5.69 Å².